The number of benzene rings is 1. The smallest absolute Gasteiger partial charge is 0.306 e. The van der Waals surface area contributed by atoms with E-state index in [0.717, 1.165) is 25.9 Å². The second-order valence-corrected chi connectivity index (χ2v) is 7.27. The molecule has 1 heterocycles. The Balaban J connectivity index is 1.86. The predicted molar refractivity (Wildman–Crippen MR) is 111 cm³/mol. The average molecular weight is 406 g/mol. The highest BCUT2D eigenvalue weighted by atomic mass is 32.1. The van der Waals surface area contributed by atoms with Crippen LogP contribution in [0, 0.1) is 5.92 Å². The molecule has 1 saturated heterocycles. The average Bonchev–Trinajstić information content (AvgIpc) is 2.67. The van der Waals surface area contributed by atoms with Crippen molar-refractivity contribution in [3.8, 4) is 0 Å². The van der Waals surface area contributed by atoms with Crippen molar-refractivity contribution in [3.63, 3.8) is 0 Å². The Hall–Kier alpha value is -2.48. The monoisotopic (exact) mass is 405 g/mol. The van der Waals surface area contributed by atoms with E-state index in [2.05, 4.69) is 17.6 Å². The summed E-state index contributed by atoms with van der Waals surface area (Å²) < 4.78 is 4.78. The number of nitrogens with one attached hydrogen (secondary N) is 2. The highest BCUT2D eigenvalue weighted by Crippen LogP contribution is 2.19. The molecule has 0 atom stereocenters. The number of amides is 2. The first-order chi connectivity index (χ1) is 13.4. The van der Waals surface area contributed by atoms with Crippen molar-refractivity contribution in [3.05, 3.63) is 29.8 Å². The molecule has 152 valence electrons. The summed E-state index contributed by atoms with van der Waals surface area (Å²) in [6.07, 6.45) is 2.03. The Morgan fingerprint density at radius 3 is 2.61 bits per heavy atom. The van der Waals surface area contributed by atoms with Crippen LogP contribution in [0.2, 0.25) is 0 Å². The topological polar surface area (TPSA) is 87.7 Å². The van der Waals surface area contributed by atoms with Gasteiger partial charge in [0.25, 0.3) is 5.91 Å². The zero-order chi connectivity index (χ0) is 20.5. The van der Waals surface area contributed by atoms with Gasteiger partial charge in [0, 0.05) is 30.8 Å². The molecule has 1 fully saturated rings. The van der Waals surface area contributed by atoms with Crippen LogP contribution in [0.5, 0.6) is 0 Å². The van der Waals surface area contributed by atoms with Gasteiger partial charge in [-0.25, -0.2) is 0 Å². The third-order valence-corrected chi connectivity index (χ3v) is 4.76. The van der Waals surface area contributed by atoms with Crippen molar-refractivity contribution in [2.45, 2.75) is 39.5 Å². The summed E-state index contributed by atoms with van der Waals surface area (Å²) in [5.74, 6) is -0.142. The highest BCUT2D eigenvalue weighted by molar-refractivity contribution is 7.80. The zero-order valence-electron chi connectivity index (χ0n) is 16.3. The maximum Gasteiger partial charge on any atom is 0.306 e. The van der Waals surface area contributed by atoms with Gasteiger partial charge < -0.3 is 20.3 Å². The molecule has 2 amide bonds. The fraction of sp³-hybridized carbons (Fsp3) is 0.500. The van der Waals surface area contributed by atoms with E-state index in [1.807, 2.05) is 4.90 Å². The van der Waals surface area contributed by atoms with E-state index >= 15 is 0 Å². The normalized spacial score (nSPS) is 14.3. The van der Waals surface area contributed by atoms with Gasteiger partial charge >= 0.3 is 5.97 Å². The molecule has 7 nitrogen and oxygen atoms in total. The minimum atomic E-state index is -0.421. The summed E-state index contributed by atoms with van der Waals surface area (Å²) in [5.41, 5.74) is 1.20. The van der Waals surface area contributed by atoms with Crippen LogP contribution in [-0.4, -0.2) is 47.5 Å². The molecular formula is C20H27N3O4S. The van der Waals surface area contributed by atoms with Crippen LogP contribution in [0.3, 0.4) is 0 Å². The summed E-state index contributed by atoms with van der Waals surface area (Å²) in [4.78, 5) is 37.7. The first-order valence-electron chi connectivity index (χ1n) is 9.54. The second kappa shape index (κ2) is 10.8. The molecular weight excluding hydrogens is 378 g/mol. The lowest BCUT2D eigenvalue weighted by Crippen LogP contribution is -2.38. The Bertz CT molecular complexity index is 730. The van der Waals surface area contributed by atoms with E-state index in [9.17, 15) is 14.4 Å². The van der Waals surface area contributed by atoms with Gasteiger partial charge in [-0.05, 0) is 56.1 Å². The fourth-order valence-corrected chi connectivity index (χ4v) is 3.16. The van der Waals surface area contributed by atoms with Gasteiger partial charge in [0.1, 0.15) is 0 Å². The third kappa shape index (κ3) is 6.92. The summed E-state index contributed by atoms with van der Waals surface area (Å²) in [5, 5.41) is 5.54. The van der Waals surface area contributed by atoms with Gasteiger partial charge in [-0.2, -0.15) is 0 Å². The summed E-state index contributed by atoms with van der Waals surface area (Å²) in [6, 6.07) is 7.03. The maximum atomic E-state index is 12.7. The molecule has 8 heteroatoms. The zero-order valence-corrected chi connectivity index (χ0v) is 17.1. The SMILES string of the molecule is CCOC(=O)CCC(=O)NC(=S)Nc1cccc(C(=O)N2CCC(C)CC2)c1. The standard InChI is InChI=1S/C20H27N3O4S/c1-3-27-18(25)8-7-17(24)22-20(28)21-16-6-4-5-15(13-16)19(26)23-11-9-14(2)10-12-23/h4-6,13-14H,3,7-12H2,1-2H3,(H2,21,22,24,28). The second-order valence-electron chi connectivity index (χ2n) is 6.86. The number of anilines is 1. The van der Waals surface area contributed by atoms with Crippen molar-refractivity contribution >= 4 is 40.8 Å². The van der Waals surface area contributed by atoms with Gasteiger partial charge in [-0.1, -0.05) is 13.0 Å². The minimum absolute atomic E-state index is 0.0000551. The lowest BCUT2D eigenvalue weighted by Gasteiger charge is -2.30. The van der Waals surface area contributed by atoms with Gasteiger partial charge in [-0.3, -0.25) is 14.4 Å². The van der Waals surface area contributed by atoms with Crippen LogP contribution < -0.4 is 10.6 Å². The molecule has 2 N–H and O–H groups in total. The molecule has 0 aromatic heterocycles. The summed E-state index contributed by atoms with van der Waals surface area (Å²) >= 11 is 5.14. The molecule has 0 spiro atoms. The number of carbonyl (C=O) groups is 3. The number of hydrogen-bond acceptors (Lipinski definition) is 5. The number of ether oxygens (including phenoxy) is 1. The number of likely N-dealkylation sites (tertiary alicyclic amines) is 1. The van der Waals surface area contributed by atoms with E-state index < -0.39 is 5.97 Å². The quantitative estimate of drug-likeness (QED) is 0.559. The number of carbonyl (C=O) groups excluding carboxylic acids is 3. The van der Waals surface area contributed by atoms with Crippen LogP contribution >= 0.6 is 12.2 Å². The summed E-state index contributed by atoms with van der Waals surface area (Å²) in [7, 11) is 0. The van der Waals surface area contributed by atoms with E-state index in [-0.39, 0.29) is 36.4 Å². The molecule has 1 aromatic carbocycles. The first-order valence-corrected chi connectivity index (χ1v) is 9.95. The van der Waals surface area contributed by atoms with E-state index in [0.29, 0.717) is 17.2 Å². The largest absolute Gasteiger partial charge is 0.466 e. The van der Waals surface area contributed by atoms with E-state index in [1.54, 1.807) is 31.2 Å². The Kier molecular flexibility index (Phi) is 8.38. The van der Waals surface area contributed by atoms with Crippen LogP contribution in [0.25, 0.3) is 0 Å². The van der Waals surface area contributed by atoms with Crippen molar-refractivity contribution < 1.29 is 19.1 Å². The molecule has 2 rings (SSSR count). The van der Waals surface area contributed by atoms with Gasteiger partial charge in [0.2, 0.25) is 5.91 Å². The minimum Gasteiger partial charge on any atom is -0.466 e. The van der Waals surface area contributed by atoms with Gasteiger partial charge in [0.15, 0.2) is 5.11 Å². The molecule has 1 aliphatic rings. The van der Waals surface area contributed by atoms with Gasteiger partial charge in [-0.15, -0.1) is 0 Å². The molecule has 0 saturated carbocycles. The molecule has 28 heavy (non-hydrogen) atoms. The van der Waals surface area contributed by atoms with Crippen molar-refractivity contribution in [1.82, 2.24) is 10.2 Å². The molecule has 1 aromatic rings. The van der Waals surface area contributed by atoms with Crippen LogP contribution in [-0.2, 0) is 14.3 Å². The number of esters is 1. The Morgan fingerprint density at radius 1 is 1.21 bits per heavy atom. The number of rotatable bonds is 6. The van der Waals surface area contributed by atoms with E-state index in [1.165, 1.54) is 0 Å². The number of nitrogens with zero attached hydrogens (tertiary/aromatic N) is 1. The Labute approximate surface area is 170 Å². The van der Waals surface area contributed by atoms with Crippen LogP contribution in [0.15, 0.2) is 24.3 Å². The molecule has 0 radical (unpaired) electrons. The molecule has 0 bridgehead atoms. The van der Waals surface area contributed by atoms with Crippen molar-refractivity contribution in [1.29, 1.82) is 0 Å². The summed E-state index contributed by atoms with van der Waals surface area (Å²) in [6.45, 7) is 5.74. The van der Waals surface area contributed by atoms with Crippen LogP contribution in [0.1, 0.15) is 49.9 Å². The van der Waals surface area contributed by atoms with Crippen molar-refractivity contribution in [2.75, 3.05) is 25.0 Å². The third-order valence-electron chi connectivity index (χ3n) is 4.55. The lowest BCUT2D eigenvalue weighted by molar-refractivity contribution is -0.144. The van der Waals surface area contributed by atoms with Crippen molar-refractivity contribution in [2.24, 2.45) is 5.92 Å². The Morgan fingerprint density at radius 2 is 1.93 bits per heavy atom. The molecule has 0 aliphatic carbocycles. The fourth-order valence-electron chi connectivity index (χ4n) is 2.92. The first kappa shape index (κ1) is 21.8. The maximum absolute atomic E-state index is 12.7. The van der Waals surface area contributed by atoms with Crippen LogP contribution in [0.4, 0.5) is 5.69 Å². The predicted octanol–water partition coefficient (Wildman–Crippen LogP) is 2.72. The molecule has 1 aliphatic heterocycles. The highest BCUT2D eigenvalue weighted by Gasteiger charge is 2.21. The van der Waals surface area contributed by atoms with E-state index in [4.69, 9.17) is 17.0 Å². The van der Waals surface area contributed by atoms with Gasteiger partial charge in [0.05, 0.1) is 13.0 Å². The molecule has 0 unspecified atom stereocenters. The lowest BCUT2D eigenvalue weighted by atomic mass is 9.98. The number of hydrogen-bond donors (Lipinski definition) is 2. The number of piperidine rings is 1. The number of thiocarbonyl (C=S) groups is 1.